The number of hydrogen-bond acceptors (Lipinski definition) is 4. The van der Waals surface area contributed by atoms with E-state index >= 15 is 0 Å². The average molecular weight is 473 g/mol. The van der Waals surface area contributed by atoms with Gasteiger partial charge < -0.3 is 10.1 Å². The molecule has 34 heavy (non-hydrogen) atoms. The predicted octanol–water partition coefficient (Wildman–Crippen LogP) is 6.27. The summed E-state index contributed by atoms with van der Waals surface area (Å²) in [6.07, 6.45) is 1.03. The van der Waals surface area contributed by atoms with Crippen LogP contribution in [0.25, 0.3) is 0 Å². The molecule has 0 unspecified atom stereocenters. The van der Waals surface area contributed by atoms with Crippen LogP contribution in [0.5, 0.6) is 5.75 Å². The van der Waals surface area contributed by atoms with Crippen molar-refractivity contribution >= 4 is 34.7 Å². The number of allylic oxidation sites excluding steroid dienone is 1. The molecule has 5 nitrogen and oxygen atoms in total. The second-order valence-electron chi connectivity index (χ2n) is 8.68. The lowest BCUT2D eigenvalue weighted by molar-refractivity contribution is -0.117. The van der Waals surface area contributed by atoms with Gasteiger partial charge in [-0.1, -0.05) is 48.0 Å². The molecular formula is C28H25ClN2O3. The van der Waals surface area contributed by atoms with Gasteiger partial charge in [0.2, 0.25) is 5.91 Å². The number of hydrogen-bond donors (Lipinski definition) is 1. The number of anilines is 2. The molecule has 1 aliphatic heterocycles. The normalized spacial score (nSPS) is 19.6. The topological polar surface area (TPSA) is 58.6 Å². The molecular weight excluding hydrogens is 448 g/mol. The summed E-state index contributed by atoms with van der Waals surface area (Å²) in [7, 11) is 1.62. The first-order valence-electron chi connectivity index (χ1n) is 11.3. The minimum absolute atomic E-state index is 0.0311. The molecule has 0 spiro atoms. The van der Waals surface area contributed by atoms with Gasteiger partial charge in [-0.15, -0.1) is 0 Å². The zero-order valence-electron chi connectivity index (χ0n) is 19.0. The molecule has 1 N–H and O–H groups in total. The SMILES string of the molecule is COc1ccc([C@@H]2C3=C(C[C@@H](c4ccc(Cl)cc4)CC3=O)Nc3ccccc3N2C(C)=O)cc1. The first kappa shape index (κ1) is 22.2. The van der Waals surface area contributed by atoms with Crippen molar-refractivity contribution in [2.75, 3.05) is 17.3 Å². The summed E-state index contributed by atoms with van der Waals surface area (Å²) < 4.78 is 5.33. The molecule has 2 aliphatic rings. The van der Waals surface area contributed by atoms with Crippen LogP contribution >= 0.6 is 11.6 Å². The number of nitrogens with zero attached hydrogens (tertiary/aromatic N) is 1. The van der Waals surface area contributed by atoms with Gasteiger partial charge in [-0.2, -0.15) is 0 Å². The summed E-state index contributed by atoms with van der Waals surface area (Å²) in [4.78, 5) is 28.5. The fourth-order valence-corrected chi connectivity index (χ4v) is 5.14. The Balaban J connectivity index is 1.68. The lowest BCUT2D eigenvalue weighted by Crippen LogP contribution is -2.37. The second-order valence-corrected chi connectivity index (χ2v) is 9.12. The number of amides is 1. The number of para-hydroxylation sites is 2. The fraction of sp³-hybridized carbons (Fsp3) is 0.214. The maximum Gasteiger partial charge on any atom is 0.224 e. The molecule has 2 atom stereocenters. The van der Waals surface area contributed by atoms with Crippen LogP contribution in [0.4, 0.5) is 11.4 Å². The Morgan fingerprint density at radius 1 is 0.971 bits per heavy atom. The van der Waals surface area contributed by atoms with Crippen molar-refractivity contribution in [3.8, 4) is 5.75 Å². The van der Waals surface area contributed by atoms with Crippen LogP contribution in [0.15, 0.2) is 84.1 Å². The monoisotopic (exact) mass is 472 g/mol. The molecule has 1 aliphatic carbocycles. The Labute approximate surface area is 204 Å². The molecule has 0 saturated heterocycles. The molecule has 5 rings (SSSR count). The number of carbonyl (C=O) groups is 2. The minimum Gasteiger partial charge on any atom is -0.497 e. The highest BCUT2D eigenvalue weighted by Crippen LogP contribution is 2.47. The molecule has 1 heterocycles. The maximum atomic E-state index is 13.8. The summed E-state index contributed by atoms with van der Waals surface area (Å²) in [5.41, 5.74) is 5.00. The van der Waals surface area contributed by atoms with E-state index in [4.69, 9.17) is 16.3 Å². The number of ether oxygens (including phenoxy) is 1. The third kappa shape index (κ3) is 3.97. The Morgan fingerprint density at radius 3 is 2.32 bits per heavy atom. The molecule has 0 fully saturated rings. The Morgan fingerprint density at radius 2 is 1.65 bits per heavy atom. The third-order valence-electron chi connectivity index (χ3n) is 6.60. The van der Waals surface area contributed by atoms with E-state index in [1.54, 1.807) is 18.9 Å². The number of halogens is 1. The van der Waals surface area contributed by atoms with Crippen molar-refractivity contribution in [2.45, 2.75) is 31.7 Å². The van der Waals surface area contributed by atoms with Crippen LogP contribution in [0, 0.1) is 0 Å². The van der Waals surface area contributed by atoms with Crippen LogP contribution in [0.3, 0.4) is 0 Å². The quantitative estimate of drug-likeness (QED) is 0.488. The number of Topliss-reactive ketones (excluding diaryl/α,β-unsaturated/α-hetero) is 1. The van der Waals surface area contributed by atoms with E-state index in [1.807, 2.05) is 72.8 Å². The third-order valence-corrected chi connectivity index (χ3v) is 6.85. The van der Waals surface area contributed by atoms with Gasteiger partial charge in [-0.3, -0.25) is 14.5 Å². The van der Waals surface area contributed by atoms with Gasteiger partial charge >= 0.3 is 0 Å². The van der Waals surface area contributed by atoms with Gasteiger partial charge in [-0.25, -0.2) is 0 Å². The molecule has 0 aromatic heterocycles. The number of nitrogens with one attached hydrogen (secondary N) is 1. The van der Waals surface area contributed by atoms with Gasteiger partial charge in [0.05, 0.1) is 24.5 Å². The van der Waals surface area contributed by atoms with Gasteiger partial charge in [0.15, 0.2) is 5.78 Å². The summed E-state index contributed by atoms with van der Waals surface area (Å²) >= 11 is 6.09. The molecule has 1 amide bonds. The Bertz CT molecular complexity index is 1280. The van der Waals surface area contributed by atoms with E-state index in [0.29, 0.717) is 23.4 Å². The molecule has 3 aromatic rings. The number of ketones is 1. The van der Waals surface area contributed by atoms with Crippen LogP contribution in [0.1, 0.15) is 42.9 Å². The van der Waals surface area contributed by atoms with E-state index in [9.17, 15) is 9.59 Å². The summed E-state index contributed by atoms with van der Waals surface area (Å²) in [6, 6.07) is 22.4. The van der Waals surface area contributed by atoms with Crippen molar-refractivity contribution in [1.82, 2.24) is 0 Å². The largest absolute Gasteiger partial charge is 0.497 e. The zero-order chi connectivity index (χ0) is 23.8. The minimum atomic E-state index is -0.534. The number of methoxy groups -OCH3 is 1. The molecule has 0 bridgehead atoms. The van der Waals surface area contributed by atoms with E-state index < -0.39 is 6.04 Å². The first-order valence-corrected chi connectivity index (χ1v) is 11.7. The number of benzene rings is 3. The molecule has 0 saturated carbocycles. The number of rotatable bonds is 3. The van der Waals surface area contributed by atoms with Gasteiger partial charge in [0.1, 0.15) is 5.75 Å². The maximum absolute atomic E-state index is 13.8. The highest BCUT2D eigenvalue weighted by Gasteiger charge is 2.40. The number of carbonyl (C=O) groups excluding carboxylic acids is 2. The lowest BCUT2D eigenvalue weighted by Gasteiger charge is -2.34. The Kier molecular flexibility index (Phi) is 5.88. The van der Waals surface area contributed by atoms with Crippen molar-refractivity contribution in [2.24, 2.45) is 0 Å². The summed E-state index contributed by atoms with van der Waals surface area (Å²) in [5, 5.41) is 4.19. The molecule has 0 radical (unpaired) electrons. The van der Waals surface area contributed by atoms with Crippen LogP contribution < -0.4 is 15.0 Å². The van der Waals surface area contributed by atoms with Crippen LogP contribution in [-0.4, -0.2) is 18.8 Å². The Hall–Kier alpha value is -3.57. The van der Waals surface area contributed by atoms with Crippen molar-refractivity contribution in [3.63, 3.8) is 0 Å². The first-order chi connectivity index (χ1) is 16.5. The second kappa shape index (κ2) is 8.99. The smallest absolute Gasteiger partial charge is 0.224 e. The fourth-order valence-electron chi connectivity index (χ4n) is 5.01. The van der Waals surface area contributed by atoms with E-state index in [1.165, 1.54) is 0 Å². The zero-order valence-corrected chi connectivity index (χ0v) is 19.8. The van der Waals surface area contributed by atoms with Gasteiger partial charge in [-0.05, 0) is 59.9 Å². The summed E-state index contributed by atoms with van der Waals surface area (Å²) in [5.74, 6) is 0.658. The highest BCUT2D eigenvalue weighted by atomic mass is 35.5. The predicted molar refractivity (Wildman–Crippen MR) is 134 cm³/mol. The molecule has 172 valence electrons. The van der Waals surface area contributed by atoms with Gasteiger partial charge in [0.25, 0.3) is 0 Å². The van der Waals surface area contributed by atoms with E-state index in [2.05, 4.69) is 5.32 Å². The van der Waals surface area contributed by atoms with Crippen molar-refractivity contribution < 1.29 is 14.3 Å². The lowest BCUT2D eigenvalue weighted by atomic mass is 9.78. The van der Waals surface area contributed by atoms with Crippen molar-refractivity contribution in [3.05, 3.63) is 100 Å². The van der Waals surface area contributed by atoms with E-state index in [0.717, 1.165) is 33.9 Å². The van der Waals surface area contributed by atoms with Gasteiger partial charge in [0, 0.05) is 29.6 Å². The number of fused-ring (bicyclic) bond motifs is 1. The molecule has 3 aromatic carbocycles. The summed E-state index contributed by atoms with van der Waals surface area (Å²) in [6.45, 7) is 1.54. The average Bonchev–Trinajstić information content (AvgIpc) is 2.99. The van der Waals surface area contributed by atoms with Crippen molar-refractivity contribution in [1.29, 1.82) is 0 Å². The highest BCUT2D eigenvalue weighted by molar-refractivity contribution is 6.30. The molecule has 6 heteroatoms. The standard InChI is InChI=1S/C28H25ClN2O3/c1-17(32)31-25-6-4-3-5-23(25)30-24-15-20(18-7-11-21(29)12-8-18)16-26(33)27(24)28(31)19-9-13-22(34-2)14-10-19/h3-14,20,28,30H,15-16H2,1-2H3/t20-,28-/m1/s1. The van der Waals surface area contributed by atoms with Crippen LogP contribution in [0.2, 0.25) is 5.02 Å². The van der Waals surface area contributed by atoms with E-state index in [-0.39, 0.29) is 17.6 Å². The van der Waals surface area contributed by atoms with Crippen LogP contribution in [-0.2, 0) is 9.59 Å².